The molecular formula is C7H5Cl2O2-. The second kappa shape index (κ2) is 2.30. The van der Waals surface area contributed by atoms with Gasteiger partial charge in [-0.25, -0.2) is 0 Å². The number of rotatable bonds is 0. The summed E-state index contributed by atoms with van der Waals surface area (Å²) in [6, 6.07) is 0. The Kier molecular flexibility index (Phi) is 1.82. The van der Waals surface area contributed by atoms with Gasteiger partial charge in [-0.05, 0) is 12.8 Å². The third-order valence-corrected chi connectivity index (χ3v) is 2.80. The molecule has 0 N–H and O–H groups in total. The van der Waals surface area contributed by atoms with E-state index in [-0.39, 0.29) is 0 Å². The smallest absolute Gasteiger partial charge is 0.136 e. The summed E-state index contributed by atoms with van der Waals surface area (Å²) in [6.07, 6.45) is 0.503. The summed E-state index contributed by atoms with van der Waals surface area (Å²) in [6.45, 7) is 1.71. The topological polar surface area (TPSA) is 40.1 Å². The van der Waals surface area contributed by atoms with Gasteiger partial charge in [-0.2, -0.15) is 0 Å². The van der Waals surface area contributed by atoms with E-state index in [4.69, 9.17) is 23.2 Å². The van der Waals surface area contributed by atoms with Crippen LogP contribution in [0.5, 0.6) is 0 Å². The van der Waals surface area contributed by atoms with Crippen LogP contribution in [0.25, 0.3) is 0 Å². The zero-order valence-corrected chi connectivity index (χ0v) is 7.29. The fourth-order valence-corrected chi connectivity index (χ4v) is 1.35. The summed E-state index contributed by atoms with van der Waals surface area (Å²) >= 11 is 11.4. The van der Waals surface area contributed by atoms with Gasteiger partial charge in [0.2, 0.25) is 0 Å². The number of carbonyl (C=O) groups excluding carboxylic acids is 1. The summed E-state index contributed by atoms with van der Waals surface area (Å²) in [5.41, 5.74) is -0.573. The lowest BCUT2D eigenvalue weighted by Gasteiger charge is -2.00. The monoisotopic (exact) mass is 191 g/mol. The Morgan fingerprint density at radius 3 is 2.36 bits per heavy atom. The van der Waals surface area contributed by atoms with E-state index in [1.54, 1.807) is 6.92 Å². The maximum Gasteiger partial charge on any atom is 0.136 e. The molecule has 1 saturated carbocycles. The predicted molar refractivity (Wildman–Crippen MR) is 39.9 cm³/mol. The minimum atomic E-state index is -1.40. The number of aliphatic carboxylic acids is 1. The van der Waals surface area contributed by atoms with Gasteiger partial charge in [-0.3, -0.25) is 0 Å². The van der Waals surface area contributed by atoms with E-state index >= 15 is 0 Å². The molecule has 2 nitrogen and oxygen atoms in total. The number of carboxylic acid groups (broad SMARTS) is 1. The van der Waals surface area contributed by atoms with Crippen LogP contribution in [0.2, 0.25) is 0 Å². The van der Waals surface area contributed by atoms with Crippen LogP contribution in [0.3, 0.4) is 0 Å². The van der Waals surface area contributed by atoms with Crippen LogP contribution in [0.1, 0.15) is 13.3 Å². The number of hydrogen-bond acceptors (Lipinski definition) is 2. The van der Waals surface area contributed by atoms with E-state index in [0.29, 0.717) is 6.42 Å². The van der Waals surface area contributed by atoms with E-state index in [1.165, 1.54) is 0 Å². The molecular weight excluding hydrogens is 187 g/mol. The molecule has 0 aliphatic heterocycles. The van der Waals surface area contributed by atoms with Gasteiger partial charge in [-0.15, -0.1) is 0 Å². The van der Waals surface area contributed by atoms with Crippen molar-refractivity contribution in [2.24, 2.45) is 5.41 Å². The first-order valence-electron chi connectivity index (χ1n) is 2.99. The third-order valence-electron chi connectivity index (χ3n) is 1.70. The standard InChI is InChI=1S/C7H6Cl2O2/c1-6(3-2-5(10)11)4-7(6,8)9/h4H2,1H3,(H,10,11)/p-1/t6-/m0/s1. The maximum absolute atomic E-state index is 9.91. The molecule has 0 aromatic rings. The van der Waals surface area contributed by atoms with Crippen molar-refractivity contribution in [2.75, 3.05) is 0 Å². The lowest BCUT2D eigenvalue weighted by Crippen LogP contribution is -2.20. The summed E-state index contributed by atoms with van der Waals surface area (Å²) in [5, 5.41) is 9.91. The minimum absolute atomic E-state index is 0.503. The molecule has 0 saturated heterocycles. The zero-order chi connectivity index (χ0) is 8.70. The highest BCUT2D eigenvalue weighted by Gasteiger charge is 2.62. The predicted octanol–water partition coefficient (Wildman–Crippen LogP) is 0.324. The van der Waals surface area contributed by atoms with Crippen LogP contribution >= 0.6 is 23.2 Å². The molecule has 0 aromatic heterocycles. The van der Waals surface area contributed by atoms with Gasteiger partial charge in [0.1, 0.15) is 10.3 Å². The molecule has 0 amide bonds. The Labute approximate surface area is 74.5 Å². The molecule has 1 aliphatic carbocycles. The highest BCUT2D eigenvalue weighted by molar-refractivity contribution is 6.51. The molecule has 60 valence electrons. The van der Waals surface area contributed by atoms with E-state index in [9.17, 15) is 9.90 Å². The highest BCUT2D eigenvalue weighted by atomic mass is 35.5. The second-order valence-electron chi connectivity index (χ2n) is 2.75. The van der Waals surface area contributed by atoms with Crippen molar-refractivity contribution in [3.63, 3.8) is 0 Å². The molecule has 1 rings (SSSR count). The quantitative estimate of drug-likeness (QED) is 0.409. The number of hydrogen-bond donors (Lipinski definition) is 0. The maximum atomic E-state index is 9.91. The van der Waals surface area contributed by atoms with Crippen LogP contribution in [-0.4, -0.2) is 10.3 Å². The van der Waals surface area contributed by atoms with E-state index < -0.39 is 15.7 Å². The van der Waals surface area contributed by atoms with Crippen molar-refractivity contribution < 1.29 is 9.90 Å². The van der Waals surface area contributed by atoms with E-state index in [0.717, 1.165) is 0 Å². The highest BCUT2D eigenvalue weighted by Crippen LogP contribution is 2.63. The van der Waals surface area contributed by atoms with Crippen LogP contribution in [0.15, 0.2) is 0 Å². The largest absolute Gasteiger partial charge is 0.537 e. The molecule has 11 heavy (non-hydrogen) atoms. The SMILES string of the molecule is C[C@]1(C#CC(=O)[O-])CC1(Cl)Cl. The van der Waals surface area contributed by atoms with Gasteiger partial charge in [-0.1, -0.05) is 29.1 Å². The lowest BCUT2D eigenvalue weighted by atomic mass is 10.1. The van der Waals surface area contributed by atoms with Crippen LogP contribution in [0, 0.1) is 17.3 Å². The number of carbonyl (C=O) groups is 1. The summed E-state index contributed by atoms with van der Waals surface area (Å²) < 4.78 is -0.880. The number of alkyl halides is 2. The first-order valence-corrected chi connectivity index (χ1v) is 3.75. The first-order chi connectivity index (χ1) is 4.87. The average Bonchev–Trinajstić information content (AvgIpc) is 2.29. The molecule has 1 fully saturated rings. The fourth-order valence-electron chi connectivity index (χ4n) is 0.724. The van der Waals surface area contributed by atoms with Gasteiger partial charge in [0.15, 0.2) is 0 Å². The average molecular weight is 192 g/mol. The Bertz CT molecular complexity index is 261. The normalized spacial score (nSPS) is 31.9. The van der Waals surface area contributed by atoms with Gasteiger partial charge in [0.05, 0.1) is 5.41 Å². The molecule has 0 heterocycles. The first kappa shape index (κ1) is 8.70. The molecule has 0 spiro atoms. The van der Waals surface area contributed by atoms with Gasteiger partial charge < -0.3 is 9.90 Å². The van der Waals surface area contributed by atoms with Crippen LogP contribution in [-0.2, 0) is 4.79 Å². The summed E-state index contributed by atoms with van der Waals surface area (Å²) in [5.74, 6) is 2.94. The van der Waals surface area contributed by atoms with Crippen molar-refractivity contribution in [3.05, 3.63) is 0 Å². The number of halogens is 2. The van der Waals surface area contributed by atoms with Crippen molar-refractivity contribution in [1.82, 2.24) is 0 Å². The Morgan fingerprint density at radius 2 is 2.09 bits per heavy atom. The number of carboxylic acids is 1. The zero-order valence-electron chi connectivity index (χ0n) is 5.78. The van der Waals surface area contributed by atoms with Gasteiger partial charge in [0.25, 0.3) is 0 Å². The molecule has 0 unspecified atom stereocenters. The lowest BCUT2D eigenvalue weighted by molar-refractivity contribution is -0.295. The molecule has 1 aliphatic rings. The van der Waals surface area contributed by atoms with Crippen molar-refractivity contribution in [1.29, 1.82) is 0 Å². The third kappa shape index (κ3) is 1.61. The minimum Gasteiger partial charge on any atom is -0.537 e. The fraction of sp³-hybridized carbons (Fsp3) is 0.571. The van der Waals surface area contributed by atoms with Crippen LogP contribution < -0.4 is 5.11 Å². The van der Waals surface area contributed by atoms with E-state index in [1.807, 2.05) is 5.92 Å². The van der Waals surface area contributed by atoms with Crippen molar-refractivity contribution >= 4 is 29.2 Å². The summed E-state index contributed by atoms with van der Waals surface area (Å²) in [7, 11) is 0. The van der Waals surface area contributed by atoms with Crippen molar-refractivity contribution in [2.45, 2.75) is 17.7 Å². The molecule has 0 bridgehead atoms. The molecule has 1 atom stereocenters. The Hall–Kier alpha value is -0.390. The second-order valence-corrected chi connectivity index (χ2v) is 4.23. The molecule has 0 aromatic carbocycles. The molecule has 0 radical (unpaired) electrons. The van der Waals surface area contributed by atoms with E-state index in [2.05, 4.69) is 5.92 Å². The van der Waals surface area contributed by atoms with Gasteiger partial charge in [0, 0.05) is 6.42 Å². The summed E-state index contributed by atoms with van der Waals surface area (Å²) in [4.78, 5) is 9.91. The van der Waals surface area contributed by atoms with Crippen LogP contribution in [0.4, 0.5) is 0 Å². The van der Waals surface area contributed by atoms with Gasteiger partial charge >= 0.3 is 0 Å². The molecule has 4 heteroatoms. The van der Waals surface area contributed by atoms with Crippen molar-refractivity contribution in [3.8, 4) is 11.8 Å². The Morgan fingerprint density at radius 1 is 1.64 bits per heavy atom. The Balaban J connectivity index is 2.69.